The second kappa shape index (κ2) is 10.5. The van der Waals surface area contributed by atoms with E-state index in [0.717, 1.165) is 37.9 Å². The van der Waals surface area contributed by atoms with Crippen LogP contribution in [0.4, 0.5) is 4.39 Å². The van der Waals surface area contributed by atoms with Crippen LogP contribution in [0.3, 0.4) is 0 Å². The van der Waals surface area contributed by atoms with E-state index in [9.17, 15) is 14.0 Å². The average Bonchev–Trinajstić information content (AvgIpc) is 2.86. The molecular formula is C29H38FN3O2. The molecule has 6 heteroatoms. The van der Waals surface area contributed by atoms with Gasteiger partial charge in [-0.25, -0.2) is 4.39 Å². The molecule has 1 unspecified atom stereocenters. The summed E-state index contributed by atoms with van der Waals surface area (Å²) < 4.78 is 14.3. The highest BCUT2D eigenvalue weighted by molar-refractivity contribution is 5.98. The van der Waals surface area contributed by atoms with Crippen LogP contribution < -0.4 is 5.32 Å². The second-order valence-corrected chi connectivity index (χ2v) is 10.8. The Morgan fingerprint density at radius 1 is 1.03 bits per heavy atom. The smallest absolute Gasteiger partial charge is 0.254 e. The molecule has 5 nitrogen and oxygen atoms in total. The number of carbonyl (C=O) groups is 2. The summed E-state index contributed by atoms with van der Waals surface area (Å²) in [7, 11) is 2.19. The fourth-order valence-electron chi connectivity index (χ4n) is 5.84. The number of likely N-dealkylation sites (tertiary alicyclic amines) is 2. The Labute approximate surface area is 208 Å². The van der Waals surface area contributed by atoms with Crippen molar-refractivity contribution in [3.8, 4) is 0 Å². The van der Waals surface area contributed by atoms with Gasteiger partial charge in [-0.2, -0.15) is 0 Å². The van der Waals surface area contributed by atoms with Crippen LogP contribution in [-0.4, -0.2) is 60.9 Å². The number of amides is 2. The predicted octanol–water partition coefficient (Wildman–Crippen LogP) is 4.62. The lowest BCUT2D eigenvalue weighted by Crippen LogP contribution is -2.56. The maximum atomic E-state index is 14.3. The number of halogens is 1. The average molecular weight is 480 g/mol. The Morgan fingerprint density at radius 3 is 2.34 bits per heavy atom. The number of carbonyl (C=O) groups excluding carboxylic acids is 2. The summed E-state index contributed by atoms with van der Waals surface area (Å²) in [4.78, 5) is 30.7. The van der Waals surface area contributed by atoms with E-state index in [-0.39, 0.29) is 22.8 Å². The molecule has 188 valence electrons. The number of nitrogens with zero attached hydrogens (tertiary/aromatic N) is 2. The van der Waals surface area contributed by atoms with Gasteiger partial charge in [-0.1, -0.05) is 55.8 Å². The van der Waals surface area contributed by atoms with Gasteiger partial charge in [0, 0.05) is 25.6 Å². The largest absolute Gasteiger partial charge is 0.341 e. The zero-order valence-electron chi connectivity index (χ0n) is 21.4. The van der Waals surface area contributed by atoms with Crippen molar-refractivity contribution >= 4 is 11.8 Å². The maximum Gasteiger partial charge on any atom is 0.254 e. The number of piperidine rings is 2. The first-order valence-corrected chi connectivity index (χ1v) is 12.8. The minimum Gasteiger partial charge on any atom is -0.341 e. The van der Waals surface area contributed by atoms with Crippen LogP contribution >= 0.6 is 0 Å². The van der Waals surface area contributed by atoms with Gasteiger partial charge < -0.3 is 15.1 Å². The van der Waals surface area contributed by atoms with Crippen LogP contribution in [0.1, 0.15) is 60.5 Å². The highest BCUT2D eigenvalue weighted by Crippen LogP contribution is 2.49. The number of hydrogen-bond donors (Lipinski definition) is 1. The van der Waals surface area contributed by atoms with Crippen molar-refractivity contribution < 1.29 is 14.0 Å². The summed E-state index contributed by atoms with van der Waals surface area (Å²) in [5.74, 6) is -0.830. The summed E-state index contributed by atoms with van der Waals surface area (Å²) in [6, 6.07) is 14.5. The molecule has 35 heavy (non-hydrogen) atoms. The molecule has 0 saturated carbocycles. The van der Waals surface area contributed by atoms with E-state index in [1.165, 1.54) is 17.7 Å². The lowest BCUT2D eigenvalue weighted by Gasteiger charge is -2.52. The number of rotatable bonds is 5. The quantitative estimate of drug-likeness (QED) is 0.681. The third-order valence-corrected chi connectivity index (χ3v) is 8.08. The first-order chi connectivity index (χ1) is 16.7. The molecule has 2 saturated heterocycles. The molecule has 4 rings (SSSR count). The van der Waals surface area contributed by atoms with Crippen LogP contribution in [0.2, 0.25) is 0 Å². The van der Waals surface area contributed by atoms with Crippen LogP contribution in [0.15, 0.2) is 48.5 Å². The van der Waals surface area contributed by atoms with Crippen molar-refractivity contribution in [2.45, 2.75) is 52.0 Å². The Balaban J connectivity index is 1.46. The molecule has 0 aliphatic carbocycles. The Kier molecular flexibility index (Phi) is 7.60. The van der Waals surface area contributed by atoms with Gasteiger partial charge in [0.15, 0.2) is 0 Å². The van der Waals surface area contributed by atoms with E-state index in [1.807, 2.05) is 25.7 Å². The van der Waals surface area contributed by atoms with Gasteiger partial charge in [0.1, 0.15) is 11.9 Å². The molecule has 1 spiro atoms. The van der Waals surface area contributed by atoms with Crippen molar-refractivity contribution in [3.05, 3.63) is 71.0 Å². The Bertz CT molecular complexity index is 1050. The summed E-state index contributed by atoms with van der Waals surface area (Å²) in [5, 5.41) is 2.83. The molecule has 2 aromatic rings. The van der Waals surface area contributed by atoms with Crippen molar-refractivity contribution in [3.63, 3.8) is 0 Å². The fourth-order valence-corrected chi connectivity index (χ4v) is 5.84. The van der Waals surface area contributed by atoms with Gasteiger partial charge in [0.25, 0.3) is 5.91 Å². The summed E-state index contributed by atoms with van der Waals surface area (Å²) >= 11 is 0. The lowest BCUT2D eigenvalue weighted by molar-refractivity contribution is -0.137. The summed E-state index contributed by atoms with van der Waals surface area (Å²) in [5.41, 5.74) is 2.35. The van der Waals surface area contributed by atoms with Crippen molar-refractivity contribution in [1.29, 1.82) is 0 Å². The van der Waals surface area contributed by atoms with E-state index in [1.54, 1.807) is 6.07 Å². The monoisotopic (exact) mass is 479 g/mol. The Hall–Kier alpha value is -2.73. The third-order valence-electron chi connectivity index (χ3n) is 8.08. The van der Waals surface area contributed by atoms with Crippen molar-refractivity contribution in [2.24, 2.45) is 11.3 Å². The lowest BCUT2D eigenvalue weighted by atomic mass is 9.62. The molecule has 0 aromatic heterocycles. The Morgan fingerprint density at radius 2 is 1.69 bits per heavy atom. The molecule has 2 aromatic carbocycles. The summed E-state index contributed by atoms with van der Waals surface area (Å²) in [6.45, 7) is 9.13. The van der Waals surface area contributed by atoms with Crippen LogP contribution in [0.25, 0.3) is 0 Å². The number of nitrogens with one attached hydrogen (secondary N) is 1. The van der Waals surface area contributed by atoms with Gasteiger partial charge in [-0.3, -0.25) is 9.59 Å². The van der Waals surface area contributed by atoms with Gasteiger partial charge >= 0.3 is 0 Å². The fraction of sp³-hybridized carbons (Fsp3) is 0.517. The summed E-state index contributed by atoms with van der Waals surface area (Å²) in [6.07, 6.45) is 3.04. The third kappa shape index (κ3) is 5.43. The second-order valence-electron chi connectivity index (χ2n) is 10.8. The molecule has 2 heterocycles. The zero-order chi connectivity index (χ0) is 25.2. The molecule has 2 amide bonds. The predicted molar refractivity (Wildman–Crippen MR) is 137 cm³/mol. The number of hydrogen-bond acceptors (Lipinski definition) is 3. The molecule has 2 fully saturated rings. The number of aryl methyl sites for hydroxylation is 1. The minimum atomic E-state index is -0.682. The van der Waals surface area contributed by atoms with E-state index in [0.29, 0.717) is 19.0 Å². The standard InChI is InChI=1S/C29H38FN3O2/c1-20(2)26(31-27(34)23-18-21(3)10-11-25(23)30)28(35)33-16-13-29(14-17-33)12-15-32(4)19-24(29)22-8-6-5-7-9-22/h5-11,18,20,24,26H,12-17,19H2,1-4H3,(H,31,34)/t24?,26-/m1/s1. The van der Waals surface area contributed by atoms with Crippen LogP contribution in [0.5, 0.6) is 0 Å². The van der Waals surface area contributed by atoms with E-state index in [4.69, 9.17) is 0 Å². The molecule has 1 N–H and O–H groups in total. The van der Waals surface area contributed by atoms with Gasteiger partial charge in [0.2, 0.25) is 5.91 Å². The van der Waals surface area contributed by atoms with Crippen molar-refractivity contribution in [2.75, 3.05) is 33.2 Å². The van der Waals surface area contributed by atoms with Gasteiger partial charge in [-0.05, 0) is 68.8 Å². The van der Waals surface area contributed by atoms with E-state index in [2.05, 4.69) is 47.6 Å². The van der Waals surface area contributed by atoms with E-state index < -0.39 is 17.8 Å². The van der Waals surface area contributed by atoms with Gasteiger partial charge in [-0.15, -0.1) is 0 Å². The van der Waals surface area contributed by atoms with Gasteiger partial charge in [0.05, 0.1) is 5.56 Å². The van der Waals surface area contributed by atoms with Crippen LogP contribution in [-0.2, 0) is 4.79 Å². The minimum absolute atomic E-state index is 0.0157. The molecule has 2 aliphatic heterocycles. The maximum absolute atomic E-state index is 14.3. The van der Waals surface area contributed by atoms with E-state index >= 15 is 0 Å². The molecule has 0 bridgehead atoms. The normalized spacial score (nSPS) is 21.2. The van der Waals surface area contributed by atoms with Crippen LogP contribution in [0, 0.1) is 24.1 Å². The van der Waals surface area contributed by atoms with Crippen molar-refractivity contribution in [1.82, 2.24) is 15.1 Å². The zero-order valence-corrected chi connectivity index (χ0v) is 21.4. The number of likely N-dealkylation sites (N-methyl/N-ethyl adjacent to an activating group) is 1. The first-order valence-electron chi connectivity index (χ1n) is 12.8. The molecule has 2 atom stereocenters. The molecule has 0 radical (unpaired) electrons. The SMILES string of the molecule is Cc1ccc(F)c(C(=O)N[C@@H](C(=O)N2CCC3(CCN(C)CC3c3ccccc3)CC2)C(C)C)c1. The molecular weight excluding hydrogens is 441 g/mol. The molecule has 2 aliphatic rings. The number of benzene rings is 2. The highest BCUT2D eigenvalue weighted by atomic mass is 19.1. The topological polar surface area (TPSA) is 52.7 Å². The first kappa shape index (κ1) is 25.4. The highest BCUT2D eigenvalue weighted by Gasteiger charge is 2.46.